The summed E-state index contributed by atoms with van der Waals surface area (Å²) in [5.41, 5.74) is 1.65. The highest BCUT2D eigenvalue weighted by Crippen LogP contribution is 2.19. The van der Waals surface area contributed by atoms with Crippen molar-refractivity contribution in [2.75, 3.05) is 13.7 Å². The number of nitrogens with one attached hydrogen (secondary N) is 1. The number of methoxy groups -OCH3 is 1. The molecule has 0 radical (unpaired) electrons. The van der Waals surface area contributed by atoms with Gasteiger partial charge in [-0.3, -0.25) is 14.4 Å². The summed E-state index contributed by atoms with van der Waals surface area (Å²) in [6.45, 7) is 1.45. The van der Waals surface area contributed by atoms with E-state index < -0.39 is 12.0 Å². The summed E-state index contributed by atoms with van der Waals surface area (Å²) in [5.74, 6) is -1.03. The molecule has 0 aliphatic carbocycles. The maximum atomic E-state index is 13.0. The van der Waals surface area contributed by atoms with E-state index in [9.17, 15) is 14.4 Å². The Kier molecular flexibility index (Phi) is 8.02. The largest absolute Gasteiger partial charge is 0.468 e. The number of halogens is 1. The fourth-order valence-corrected chi connectivity index (χ4v) is 2.88. The first-order valence-electron chi connectivity index (χ1n) is 8.80. The molecule has 0 aromatic heterocycles. The minimum Gasteiger partial charge on any atom is -0.468 e. The Balaban J connectivity index is 2.19. The first kappa shape index (κ1) is 21.4. The van der Waals surface area contributed by atoms with Crippen LogP contribution >= 0.6 is 11.6 Å². The standard InChI is InChI=1S/C21H23ClN2O4/c1-15(25)23-19(17-6-4-3-5-7-17)12-20(26)24(14-21(27)28-2)13-16-8-10-18(22)11-9-16/h3-11,19H,12-14H2,1-2H3,(H,23,25). The van der Waals surface area contributed by atoms with Crippen molar-refractivity contribution < 1.29 is 19.1 Å². The van der Waals surface area contributed by atoms with Crippen LogP contribution in [0.5, 0.6) is 0 Å². The zero-order chi connectivity index (χ0) is 20.5. The molecule has 0 fully saturated rings. The summed E-state index contributed by atoms with van der Waals surface area (Å²) >= 11 is 5.91. The molecule has 1 atom stereocenters. The lowest BCUT2D eigenvalue weighted by Crippen LogP contribution is -2.38. The molecule has 0 aliphatic rings. The normalized spacial score (nSPS) is 11.4. The summed E-state index contributed by atoms with van der Waals surface area (Å²) in [6, 6.07) is 15.8. The van der Waals surface area contributed by atoms with Gasteiger partial charge in [0.2, 0.25) is 11.8 Å². The summed E-state index contributed by atoms with van der Waals surface area (Å²) in [6.07, 6.45) is 0.0220. The number of carbonyl (C=O) groups is 3. The van der Waals surface area contributed by atoms with E-state index in [2.05, 4.69) is 5.32 Å². The van der Waals surface area contributed by atoms with Gasteiger partial charge in [-0.15, -0.1) is 0 Å². The van der Waals surface area contributed by atoms with Gasteiger partial charge in [-0.1, -0.05) is 54.1 Å². The lowest BCUT2D eigenvalue weighted by Gasteiger charge is -2.25. The van der Waals surface area contributed by atoms with Gasteiger partial charge >= 0.3 is 5.97 Å². The third kappa shape index (κ3) is 6.70. The SMILES string of the molecule is COC(=O)CN(Cc1ccc(Cl)cc1)C(=O)CC(NC(C)=O)c1ccccc1. The lowest BCUT2D eigenvalue weighted by molar-refractivity contribution is -0.147. The zero-order valence-electron chi connectivity index (χ0n) is 15.9. The summed E-state index contributed by atoms with van der Waals surface area (Å²) in [7, 11) is 1.28. The van der Waals surface area contributed by atoms with Crippen LogP contribution in [-0.2, 0) is 25.7 Å². The van der Waals surface area contributed by atoms with Gasteiger partial charge in [-0.05, 0) is 23.3 Å². The molecule has 28 heavy (non-hydrogen) atoms. The molecule has 2 rings (SSSR count). The Hall–Kier alpha value is -2.86. The van der Waals surface area contributed by atoms with E-state index >= 15 is 0 Å². The Morgan fingerprint density at radius 2 is 1.71 bits per heavy atom. The first-order valence-corrected chi connectivity index (χ1v) is 9.18. The summed E-state index contributed by atoms with van der Waals surface area (Å²) in [5, 5.41) is 3.39. The molecule has 2 aromatic rings. The van der Waals surface area contributed by atoms with Crippen LogP contribution in [0.25, 0.3) is 0 Å². The van der Waals surface area contributed by atoms with Crippen molar-refractivity contribution >= 4 is 29.4 Å². The summed E-state index contributed by atoms with van der Waals surface area (Å²) < 4.78 is 4.72. The van der Waals surface area contributed by atoms with Gasteiger partial charge in [0, 0.05) is 18.5 Å². The van der Waals surface area contributed by atoms with E-state index in [1.807, 2.05) is 30.3 Å². The molecule has 0 spiro atoms. The third-order valence-corrected chi connectivity index (χ3v) is 4.40. The van der Waals surface area contributed by atoms with E-state index in [1.54, 1.807) is 24.3 Å². The van der Waals surface area contributed by atoms with Gasteiger partial charge in [0.25, 0.3) is 0 Å². The number of carbonyl (C=O) groups excluding carboxylic acids is 3. The molecule has 7 heteroatoms. The van der Waals surface area contributed by atoms with Crippen molar-refractivity contribution in [3.8, 4) is 0 Å². The molecule has 0 aliphatic heterocycles. The smallest absolute Gasteiger partial charge is 0.325 e. The van der Waals surface area contributed by atoms with Crippen LogP contribution in [0.4, 0.5) is 0 Å². The number of nitrogens with zero attached hydrogens (tertiary/aromatic N) is 1. The van der Waals surface area contributed by atoms with Crippen LogP contribution in [0.2, 0.25) is 5.02 Å². The van der Waals surface area contributed by atoms with Crippen LogP contribution in [0.3, 0.4) is 0 Å². The number of ether oxygens (including phenoxy) is 1. The highest BCUT2D eigenvalue weighted by atomic mass is 35.5. The number of hydrogen-bond donors (Lipinski definition) is 1. The van der Waals surface area contributed by atoms with E-state index in [-0.39, 0.29) is 31.3 Å². The van der Waals surface area contributed by atoms with Gasteiger partial charge in [-0.25, -0.2) is 0 Å². The van der Waals surface area contributed by atoms with E-state index in [1.165, 1.54) is 18.9 Å². The maximum absolute atomic E-state index is 13.0. The average molecular weight is 403 g/mol. The molecule has 0 saturated heterocycles. The van der Waals surface area contributed by atoms with Crippen LogP contribution in [0.1, 0.15) is 30.5 Å². The second-order valence-corrected chi connectivity index (χ2v) is 6.76. The highest BCUT2D eigenvalue weighted by Gasteiger charge is 2.23. The fraction of sp³-hybridized carbons (Fsp3) is 0.286. The molecule has 1 unspecified atom stereocenters. The van der Waals surface area contributed by atoms with Crippen molar-refractivity contribution in [1.82, 2.24) is 10.2 Å². The van der Waals surface area contributed by atoms with Crippen LogP contribution in [0, 0.1) is 0 Å². The second kappa shape index (κ2) is 10.5. The molecule has 148 valence electrons. The molecule has 2 aromatic carbocycles. The Morgan fingerprint density at radius 1 is 1.07 bits per heavy atom. The molecule has 6 nitrogen and oxygen atoms in total. The molecule has 2 amide bonds. The third-order valence-electron chi connectivity index (χ3n) is 4.15. The van der Waals surface area contributed by atoms with Gasteiger partial charge in [0.15, 0.2) is 0 Å². The monoisotopic (exact) mass is 402 g/mol. The quantitative estimate of drug-likeness (QED) is 0.688. The Bertz CT molecular complexity index is 809. The second-order valence-electron chi connectivity index (χ2n) is 6.32. The van der Waals surface area contributed by atoms with Crippen molar-refractivity contribution in [2.24, 2.45) is 0 Å². The Labute approximate surface area is 169 Å². The zero-order valence-corrected chi connectivity index (χ0v) is 16.6. The van der Waals surface area contributed by atoms with Crippen LogP contribution in [0.15, 0.2) is 54.6 Å². The molecular weight excluding hydrogens is 380 g/mol. The van der Waals surface area contributed by atoms with Crippen molar-refractivity contribution in [1.29, 1.82) is 0 Å². The number of esters is 1. The van der Waals surface area contributed by atoms with E-state index in [4.69, 9.17) is 16.3 Å². The van der Waals surface area contributed by atoms with Gasteiger partial charge in [0.1, 0.15) is 6.54 Å². The van der Waals surface area contributed by atoms with Gasteiger partial charge in [0.05, 0.1) is 19.6 Å². The van der Waals surface area contributed by atoms with Gasteiger partial charge in [-0.2, -0.15) is 0 Å². The van der Waals surface area contributed by atoms with E-state index in [0.29, 0.717) is 5.02 Å². The number of amides is 2. The fourth-order valence-electron chi connectivity index (χ4n) is 2.75. The molecule has 0 heterocycles. The first-order chi connectivity index (χ1) is 13.4. The van der Waals surface area contributed by atoms with Crippen LogP contribution < -0.4 is 5.32 Å². The summed E-state index contributed by atoms with van der Waals surface area (Å²) in [4.78, 5) is 37.8. The van der Waals surface area contributed by atoms with Crippen LogP contribution in [-0.4, -0.2) is 36.3 Å². The molecule has 0 saturated carbocycles. The predicted molar refractivity (Wildman–Crippen MR) is 107 cm³/mol. The maximum Gasteiger partial charge on any atom is 0.325 e. The van der Waals surface area contributed by atoms with Crippen molar-refractivity contribution in [3.63, 3.8) is 0 Å². The average Bonchev–Trinajstić information content (AvgIpc) is 2.68. The van der Waals surface area contributed by atoms with Gasteiger partial charge < -0.3 is 15.0 Å². The predicted octanol–water partition coefficient (Wildman–Crippen LogP) is 3.11. The number of benzene rings is 2. The molecule has 1 N–H and O–H groups in total. The highest BCUT2D eigenvalue weighted by molar-refractivity contribution is 6.30. The molecule has 0 bridgehead atoms. The van der Waals surface area contributed by atoms with Crippen molar-refractivity contribution in [2.45, 2.75) is 25.9 Å². The van der Waals surface area contributed by atoms with Crippen molar-refractivity contribution in [3.05, 3.63) is 70.7 Å². The number of rotatable bonds is 8. The topological polar surface area (TPSA) is 75.7 Å². The minimum absolute atomic E-state index is 0.0220. The van der Waals surface area contributed by atoms with E-state index in [0.717, 1.165) is 11.1 Å². The minimum atomic E-state index is -0.516. The Morgan fingerprint density at radius 3 is 2.29 bits per heavy atom. The number of hydrogen-bond acceptors (Lipinski definition) is 4. The molecular formula is C21H23ClN2O4. The lowest BCUT2D eigenvalue weighted by atomic mass is 10.0.